The number of morpholine rings is 1. The van der Waals surface area contributed by atoms with Gasteiger partial charge in [-0.15, -0.1) is 0 Å². The maximum Gasteiger partial charge on any atom is 0.317 e. The van der Waals surface area contributed by atoms with Crippen LogP contribution in [0, 0.1) is 0 Å². The minimum Gasteiger partial charge on any atom is -0.378 e. The highest BCUT2D eigenvalue weighted by Gasteiger charge is 2.19. The van der Waals surface area contributed by atoms with Crippen LogP contribution in [0.1, 0.15) is 34.5 Å². The molecule has 0 aromatic heterocycles. The maximum absolute atomic E-state index is 12.5. The third-order valence-electron chi connectivity index (χ3n) is 5.13. The number of hydrogen-bond acceptors (Lipinski definition) is 3. The summed E-state index contributed by atoms with van der Waals surface area (Å²) in [5.74, 6) is 0.0234. The minimum atomic E-state index is -0.134. The number of amides is 3. The molecule has 3 rings (SSSR count). The number of nitrogens with zero attached hydrogens (tertiary/aromatic N) is 2. The Morgan fingerprint density at radius 2 is 1.71 bits per heavy atom. The van der Waals surface area contributed by atoms with Gasteiger partial charge in [-0.05, 0) is 30.2 Å². The van der Waals surface area contributed by atoms with Crippen molar-refractivity contribution in [1.29, 1.82) is 0 Å². The Bertz CT molecular complexity index is 786. The lowest BCUT2D eigenvalue weighted by Gasteiger charge is -2.27. The predicted octanol–water partition coefficient (Wildman–Crippen LogP) is 3.06. The lowest BCUT2D eigenvalue weighted by molar-refractivity contribution is 0.0303. The van der Waals surface area contributed by atoms with Crippen LogP contribution in [0.15, 0.2) is 54.6 Å². The molecule has 2 aromatic rings. The average Bonchev–Trinajstić information content (AvgIpc) is 2.77. The molecule has 28 heavy (non-hydrogen) atoms. The molecule has 1 heterocycles. The number of ether oxygens (including phenoxy) is 1. The van der Waals surface area contributed by atoms with Gasteiger partial charge in [0.15, 0.2) is 0 Å². The van der Waals surface area contributed by atoms with E-state index in [9.17, 15) is 9.59 Å². The van der Waals surface area contributed by atoms with Crippen molar-refractivity contribution in [3.63, 3.8) is 0 Å². The van der Waals surface area contributed by atoms with Crippen LogP contribution in [0.4, 0.5) is 4.79 Å². The Labute approximate surface area is 166 Å². The zero-order chi connectivity index (χ0) is 19.9. The molecular weight excluding hydrogens is 354 g/mol. The van der Waals surface area contributed by atoms with Crippen LogP contribution in [0.5, 0.6) is 0 Å². The summed E-state index contributed by atoms with van der Waals surface area (Å²) in [6.07, 6.45) is 0. The average molecular weight is 381 g/mol. The molecule has 6 nitrogen and oxygen atoms in total. The molecule has 1 saturated heterocycles. The number of carbonyl (C=O) groups excluding carboxylic acids is 2. The van der Waals surface area contributed by atoms with Gasteiger partial charge in [-0.2, -0.15) is 0 Å². The fraction of sp³-hybridized carbons (Fsp3) is 0.364. The van der Waals surface area contributed by atoms with E-state index >= 15 is 0 Å². The van der Waals surface area contributed by atoms with Gasteiger partial charge in [0.05, 0.1) is 19.3 Å². The van der Waals surface area contributed by atoms with E-state index in [2.05, 4.69) is 5.32 Å². The van der Waals surface area contributed by atoms with Gasteiger partial charge in [-0.3, -0.25) is 4.79 Å². The number of carbonyl (C=O) groups is 2. The molecule has 1 atom stereocenters. The van der Waals surface area contributed by atoms with E-state index in [1.165, 1.54) is 0 Å². The first-order valence-corrected chi connectivity index (χ1v) is 9.58. The van der Waals surface area contributed by atoms with Gasteiger partial charge in [0, 0.05) is 32.2 Å². The summed E-state index contributed by atoms with van der Waals surface area (Å²) in [6, 6.07) is 17.2. The number of nitrogens with one attached hydrogen (secondary N) is 1. The first-order valence-electron chi connectivity index (χ1n) is 9.58. The van der Waals surface area contributed by atoms with Crippen LogP contribution in [0.25, 0.3) is 0 Å². The smallest absolute Gasteiger partial charge is 0.317 e. The van der Waals surface area contributed by atoms with Crippen molar-refractivity contribution in [2.24, 2.45) is 0 Å². The molecule has 0 bridgehead atoms. The van der Waals surface area contributed by atoms with Gasteiger partial charge >= 0.3 is 6.03 Å². The maximum atomic E-state index is 12.5. The second-order valence-electron chi connectivity index (χ2n) is 6.96. The number of urea groups is 1. The van der Waals surface area contributed by atoms with Gasteiger partial charge in [-0.1, -0.05) is 42.5 Å². The van der Waals surface area contributed by atoms with Gasteiger partial charge in [0.2, 0.25) is 0 Å². The molecule has 3 amide bonds. The largest absolute Gasteiger partial charge is 0.378 e. The van der Waals surface area contributed by atoms with E-state index in [-0.39, 0.29) is 18.0 Å². The summed E-state index contributed by atoms with van der Waals surface area (Å²) in [5, 5.41) is 2.94. The highest BCUT2D eigenvalue weighted by Crippen LogP contribution is 2.18. The van der Waals surface area contributed by atoms with Crippen molar-refractivity contribution in [2.45, 2.75) is 19.5 Å². The molecule has 6 heteroatoms. The van der Waals surface area contributed by atoms with Gasteiger partial charge in [0.25, 0.3) is 5.91 Å². The van der Waals surface area contributed by atoms with E-state index in [4.69, 9.17) is 4.74 Å². The zero-order valence-corrected chi connectivity index (χ0v) is 16.4. The quantitative estimate of drug-likeness (QED) is 0.866. The van der Waals surface area contributed by atoms with Crippen LogP contribution >= 0.6 is 0 Å². The SMILES string of the molecule is C[C@@H](c1ccccc1)N(C)C(=O)NCc1ccc(C(=O)N2CCOCC2)cc1. The molecule has 1 aliphatic heterocycles. The summed E-state index contributed by atoms with van der Waals surface area (Å²) in [6.45, 7) is 4.85. The second kappa shape index (κ2) is 9.37. The first-order chi connectivity index (χ1) is 13.6. The van der Waals surface area contributed by atoms with Crippen LogP contribution in [-0.2, 0) is 11.3 Å². The van der Waals surface area contributed by atoms with Crippen molar-refractivity contribution in [3.05, 3.63) is 71.3 Å². The first kappa shape index (κ1) is 19.9. The third-order valence-corrected chi connectivity index (χ3v) is 5.13. The number of benzene rings is 2. The topological polar surface area (TPSA) is 61.9 Å². The molecule has 0 aliphatic carbocycles. The van der Waals surface area contributed by atoms with Crippen LogP contribution in [-0.4, -0.2) is 55.1 Å². The second-order valence-corrected chi connectivity index (χ2v) is 6.96. The summed E-state index contributed by atoms with van der Waals surface area (Å²) in [7, 11) is 1.79. The molecule has 1 N–H and O–H groups in total. The Morgan fingerprint density at radius 1 is 1.07 bits per heavy atom. The Hall–Kier alpha value is -2.86. The monoisotopic (exact) mass is 381 g/mol. The van der Waals surface area contributed by atoms with Crippen LogP contribution in [0.2, 0.25) is 0 Å². The van der Waals surface area contributed by atoms with Crippen molar-refractivity contribution >= 4 is 11.9 Å². The van der Waals surface area contributed by atoms with Gasteiger partial charge in [0.1, 0.15) is 0 Å². The molecule has 1 fully saturated rings. The Morgan fingerprint density at radius 3 is 2.36 bits per heavy atom. The van der Waals surface area contributed by atoms with Gasteiger partial charge in [-0.25, -0.2) is 4.79 Å². The lowest BCUT2D eigenvalue weighted by atomic mass is 10.1. The third kappa shape index (κ3) is 4.89. The summed E-state index contributed by atoms with van der Waals surface area (Å²) < 4.78 is 5.29. The fourth-order valence-corrected chi connectivity index (χ4v) is 3.15. The van der Waals surface area contributed by atoms with Crippen LogP contribution in [0.3, 0.4) is 0 Å². The molecule has 1 aliphatic rings. The Balaban J connectivity index is 1.52. The molecule has 0 unspecified atom stereocenters. The van der Waals surface area contributed by atoms with Crippen molar-refractivity contribution in [3.8, 4) is 0 Å². The molecule has 0 spiro atoms. The summed E-state index contributed by atoms with van der Waals surface area (Å²) in [4.78, 5) is 28.4. The zero-order valence-electron chi connectivity index (χ0n) is 16.4. The van der Waals surface area contributed by atoms with E-state index in [1.54, 1.807) is 16.8 Å². The standard InChI is InChI=1S/C22H27N3O3/c1-17(19-6-4-3-5-7-19)24(2)22(27)23-16-18-8-10-20(11-9-18)21(26)25-12-14-28-15-13-25/h3-11,17H,12-16H2,1-2H3,(H,23,27)/t17-/m0/s1. The number of hydrogen-bond donors (Lipinski definition) is 1. The van der Waals surface area contributed by atoms with Gasteiger partial charge < -0.3 is 19.9 Å². The summed E-state index contributed by atoms with van der Waals surface area (Å²) >= 11 is 0. The van der Waals surface area contributed by atoms with E-state index < -0.39 is 0 Å². The molecule has 148 valence electrons. The lowest BCUT2D eigenvalue weighted by Crippen LogP contribution is -2.40. The van der Waals surface area contributed by atoms with Crippen molar-refractivity contribution < 1.29 is 14.3 Å². The highest BCUT2D eigenvalue weighted by molar-refractivity contribution is 5.94. The summed E-state index contributed by atoms with van der Waals surface area (Å²) in [5.41, 5.74) is 2.70. The fourth-order valence-electron chi connectivity index (χ4n) is 3.15. The van der Waals surface area contributed by atoms with E-state index in [1.807, 2.05) is 61.5 Å². The molecular formula is C22H27N3O3. The van der Waals surface area contributed by atoms with E-state index in [0.29, 0.717) is 38.4 Å². The highest BCUT2D eigenvalue weighted by atomic mass is 16.5. The minimum absolute atomic E-state index is 0.0188. The van der Waals surface area contributed by atoms with E-state index in [0.717, 1.165) is 11.1 Å². The predicted molar refractivity (Wildman–Crippen MR) is 108 cm³/mol. The van der Waals surface area contributed by atoms with Crippen molar-refractivity contribution in [2.75, 3.05) is 33.4 Å². The molecule has 2 aromatic carbocycles. The normalized spacial score (nSPS) is 15.0. The molecule has 0 radical (unpaired) electrons. The van der Waals surface area contributed by atoms with Crippen molar-refractivity contribution in [1.82, 2.24) is 15.1 Å². The number of rotatable bonds is 5. The van der Waals surface area contributed by atoms with Crippen LogP contribution < -0.4 is 5.32 Å². The molecule has 0 saturated carbocycles. The Kier molecular flexibility index (Phi) is 6.66.